The van der Waals surface area contributed by atoms with Crippen LogP contribution in [0.3, 0.4) is 0 Å². The SMILES string of the molecule is CC(C)Cc1cc[nH]c1C#N. The van der Waals surface area contributed by atoms with Crippen molar-refractivity contribution in [3.05, 3.63) is 23.5 Å². The van der Waals surface area contributed by atoms with Crippen LogP contribution in [0.25, 0.3) is 0 Å². The van der Waals surface area contributed by atoms with Gasteiger partial charge in [-0.05, 0) is 24.0 Å². The summed E-state index contributed by atoms with van der Waals surface area (Å²) in [6.07, 6.45) is 2.79. The van der Waals surface area contributed by atoms with Gasteiger partial charge in [-0.25, -0.2) is 0 Å². The van der Waals surface area contributed by atoms with E-state index in [0.29, 0.717) is 11.6 Å². The quantitative estimate of drug-likeness (QED) is 0.685. The Kier molecular flexibility index (Phi) is 2.32. The summed E-state index contributed by atoms with van der Waals surface area (Å²) < 4.78 is 0. The zero-order valence-corrected chi connectivity index (χ0v) is 6.89. The molecule has 1 aromatic heterocycles. The minimum atomic E-state index is 0.609. The van der Waals surface area contributed by atoms with Crippen LogP contribution in [0, 0.1) is 17.2 Å². The summed E-state index contributed by atoms with van der Waals surface area (Å²) in [5, 5.41) is 8.64. The van der Waals surface area contributed by atoms with E-state index in [1.807, 2.05) is 12.3 Å². The molecule has 1 N–H and O–H groups in total. The summed E-state index contributed by atoms with van der Waals surface area (Å²) in [5.41, 5.74) is 1.83. The Labute approximate surface area is 66.9 Å². The molecule has 11 heavy (non-hydrogen) atoms. The number of H-pyrrole nitrogens is 1. The van der Waals surface area contributed by atoms with Crippen molar-refractivity contribution in [3.8, 4) is 6.07 Å². The minimum Gasteiger partial charge on any atom is -0.353 e. The van der Waals surface area contributed by atoms with E-state index in [9.17, 15) is 0 Å². The van der Waals surface area contributed by atoms with Crippen molar-refractivity contribution in [2.75, 3.05) is 0 Å². The topological polar surface area (TPSA) is 39.6 Å². The molecule has 0 unspecified atom stereocenters. The molecule has 2 heteroatoms. The molecule has 0 bridgehead atoms. The van der Waals surface area contributed by atoms with Crippen LogP contribution in [0.4, 0.5) is 0 Å². The van der Waals surface area contributed by atoms with Gasteiger partial charge in [-0.2, -0.15) is 5.26 Å². The van der Waals surface area contributed by atoms with E-state index in [1.165, 1.54) is 0 Å². The van der Waals surface area contributed by atoms with E-state index in [0.717, 1.165) is 12.0 Å². The molecule has 0 saturated heterocycles. The molecule has 0 aliphatic carbocycles. The molecule has 1 rings (SSSR count). The lowest BCUT2D eigenvalue weighted by Gasteiger charge is -2.00. The third-order valence-corrected chi connectivity index (χ3v) is 1.57. The molecule has 1 aromatic rings. The highest BCUT2D eigenvalue weighted by molar-refractivity contribution is 5.31. The molecule has 0 amide bonds. The Balaban J connectivity index is 2.79. The van der Waals surface area contributed by atoms with Crippen LogP contribution >= 0.6 is 0 Å². The van der Waals surface area contributed by atoms with Gasteiger partial charge >= 0.3 is 0 Å². The first-order valence-electron chi connectivity index (χ1n) is 3.80. The number of hydrogen-bond donors (Lipinski definition) is 1. The Bertz CT molecular complexity index is 265. The number of rotatable bonds is 2. The van der Waals surface area contributed by atoms with E-state index < -0.39 is 0 Å². The number of aromatic nitrogens is 1. The average Bonchev–Trinajstić information content (AvgIpc) is 2.34. The first kappa shape index (κ1) is 7.87. The molecule has 0 spiro atoms. The van der Waals surface area contributed by atoms with Gasteiger partial charge in [0.2, 0.25) is 0 Å². The van der Waals surface area contributed by atoms with Gasteiger partial charge in [0, 0.05) is 6.20 Å². The lowest BCUT2D eigenvalue weighted by atomic mass is 10.0. The van der Waals surface area contributed by atoms with Crippen LogP contribution in [0.5, 0.6) is 0 Å². The molecule has 0 radical (unpaired) electrons. The molecule has 0 aromatic carbocycles. The fourth-order valence-corrected chi connectivity index (χ4v) is 1.12. The maximum Gasteiger partial charge on any atom is 0.120 e. The van der Waals surface area contributed by atoms with Crippen molar-refractivity contribution in [1.82, 2.24) is 4.98 Å². The highest BCUT2D eigenvalue weighted by atomic mass is 14.7. The smallest absolute Gasteiger partial charge is 0.120 e. The standard InChI is InChI=1S/C9H12N2/c1-7(2)5-8-3-4-11-9(8)6-10/h3-4,7,11H,5H2,1-2H3. The van der Waals surface area contributed by atoms with Gasteiger partial charge in [0.15, 0.2) is 0 Å². The second-order valence-electron chi connectivity index (χ2n) is 3.09. The Morgan fingerprint density at radius 3 is 2.91 bits per heavy atom. The molecule has 58 valence electrons. The van der Waals surface area contributed by atoms with Gasteiger partial charge in [-0.15, -0.1) is 0 Å². The maximum absolute atomic E-state index is 8.64. The average molecular weight is 148 g/mol. The predicted molar refractivity (Wildman–Crippen MR) is 44.0 cm³/mol. The second kappa shape index (κ2) is 3.25. The first-order chi connectivity index (χ1) is 5.24. The normalized spacial score (nSPS) is 10.0. The van der Waals surface area contributed by atoms with E-state index in [1.54, 1.807) is 0 Å². The Hall–Kier alpha value is -1.23. The monoisotopic (exact) mass is 148 g/mol. The lowest BCUT2D eigenvalue weighted by Crippen LogP contribution is -1.94. The number of nitriles is 1. The number of aromatic amines is 1. The van der Waals surface area contributed by atoms with Gasteiger partial charge in [-0.3, -0.25) is 0 Å². The molecule has 0 saturated carbocycles. The van der Waals surface area contributed by atoms with E-state index >= 15 is 0 Å². The first-order valence-corrected chi connectivity index (χ1v) is 3.80. The van der Waals surface area contributed by atoms with Crippen LogP contribution in [0.1, 0.15) is 25.1 Å². The Morgan fingerprint density at radius 2 is 2.36 bits per heavy atom. The fourth-order valence-electron chi connectivity index (χ4n) is 1.12. The summed E-state index contributed by atoms with van der Waals surface area (Å²) in [6.45, 7) is 4.29. The highest BCUT2D eigenvalue weighted by Gasteiger charge is 2.03. The van der Waals surface area contributed by atoms with Crippen molar-refractivity contribution in [1.29, 1.82) is 5.26 Å². The molecule has 0 atom stereocenters. The Morgan fingerprint density at radius 1 is 1.64 bits per heavy atom. The highest BCUT2D eigenvalue weighted by Crippen LogP contribution is 2.10. The van der Waals surface area contributed by atoms with E-state index in [-0.39, 0.29) is 0 Å². The van der Waals surface area contributed by atoms with Crippen molar-refractivity contribution in [2.45, 2.75) is 20.3 Å². The number of hydrogen-bond acceptors (Lipinski definition) is 1. The van der Waals surface area contributed by atoms with Crippen LogP contribution in [-0.2, 0) is 6.42 Å². The molecule has 2 nitrogen and oxygen atoms in total. The summed E-state index contributed by atoms with van der Waals surface area (Å²) in [6, 6.07) is 4.10. The lowest BCUT2D eigenvalue weighted by molar-refractivity contribution is 0.647. The summed E-state index contributed by atoms with van der Waals surface area (Å²) in [5.74, 6) is 0.609. The van der Waals surface area contributed by atoms with Crippen LogP contribution in [0.15, 0.2) is 12.3 Å². The fraction of sp³-hybridized carbons (Fsp3) is 0.444. The number of nitrogens with zero attached hydrogens (tertiary/aromatic N) is 1. The van der Waals surface area contributed by atoms with Crippen LogP contribution in [-0.4, -0.2) is 4.98 Å². The second-order valence-corrected chi connectivity index (χ2v) is 3.09. The molecule has 0 aliphatic heterocycles. The third-order valence-electron chi connectivity index (χ3n) is 1.57. The van der Waals surface area contributed by atoms with Gasteiger partial charge < -0.3 is 4.98 Å². The molecular formula is C9H12N2. The largest absolute Gasteiger partial charge is 0.353 e. The minimum absolute atomic E-state index is 0.609. The van der Waals surface area contributed by atoms with Gasteiger partial charge in [0.1, 0.15) is 11.8 Å². The van der Waals surface area contributed by atoms with Gasteiger partial charge in [-0.1, -0.05) is 13.8 Å². The van der Waals surface area contributed by atoms with Crippen molar-refractivity contribution < 1.29 is 0 Å². The molecule has 0 fully saturated rings. The van der Waals surface area contributed by atoms with Crippen molar-refractivity contribution in [3.63, 3.8) is 0 Å². The third kappa shape index (κ3) is 1.84. The van der Waals surface area contributed by atoms with Crippen molar-refractivity contribution >= 4 is 0 Å². The zero-order valence-electron chi connectivity index (χ0n) is 6.89. The van der Waals surface area contributed by atoms with Gasteiger partial charge in [0.25, 0.3) is 0 Å². The van der Waals surface area contributed by atoms with E-state index in [4.69, 9.17) is 5.26 Å². The maximum atomic E-state index is 8.64. The summed E-state index contributed by atoms with van der Waals surface area (Å²) >= 11 is 0. The van der Waals surface area contributed by atoms with E-state index in [2.05, 4.69) is 24.9 Å². The molecular weight excluding hydrogens is 136 g/mol. The van der Waals surface area contributed by atoms with Crippen molar-refractivity contribution in [2.24, 2.45) is 5.92 Å². The number of nitrogens with one attached hydrogen (secondary N) is 1. The van der Waals surface area contributed by atoms with Crippen LogP contribution in [0.2, 0.25) is 0 Å². The predicted octanol–water partition coefficient (Wildman–Crippen LogP) is 2.08. The summed E-state index contributed by atoms with van der Waals surface area (Å²) in [4.78, 5) is 2.90. The van der Waals surface area contributed by atoms with Crippen LogP contribution < -0.4 is 0 Å². The molecule has 0 aliphatic rings. The van der Waals surface area contributed by atoms with Gasteiger partial charge in [0.05, 0.1) is 0 Å². The summed E-state index contributed by atoms with van der Waals surface area (Å²) in [7, 11) is 0. The zero-order chi connectivity index (χ0) is 8.27. The molecule has 1 heterocycles.